The maximum absolute atomic E-state index is 5.18. The van der Waals surface area contributed by atoms with E-state index in [1.807, 2.05) is 29.1 Å². The normalized spacial score (nSPS) is 10.1. The summed E-state index contributed by atoms with van der Waals surface area (Å²) < 4.78 is 1.89. The van der Waals surface area contributed by atoms with Gasteiger partial charge in [0.1, 0.15) is 0 Å². The van der Waals surface area contributed by atoms with Crippen LogP contribution in [0.4, 0.5) is 0 Å². The minimum atomic E-state index is 0.730. The van der Waals surface area contributed by atoms with E-state index in [0.29, 0.717) is 0 Å². The van der Waals surface area contributed by atoms with Crippen molar-refractivity contribution < 1.29 is 0 Å². The molecule has 2 aromatic rings. The zero-order valence-electron chi connectivity index (χ0n) is 7.27. The van der Waals surface area contributed by atoms with Gasteiger partial charge >= 0.3 is 0 Å². The Morgan fingerprint density at radius 2 is 2.23 bits per heavy atom. The van der Waals surface area contributed by atoms with Gasteiger partial charge < -0.3 is 0 Å². The highest BCUT2D eigenvalue weighted by Gasteiger charge is 1.97. The summed E-state index contributed by atoms with van der Waals surface area (Å²) in [5, 5.41) is 5.54. The highest BCUT2D eigenvalue weighted by Crippen LogP contribution is 2.10. The van der Waals surface area contributed by atoms with Gasteiger partial charge in [-0.05, 0) is 6.07 Å². The molecule has 0 aliphatic heterocycles. The lowest BCUT2D eigenvalue weighted by molar-refractivity contribution is 0.637. The number of hydrogen-bond acceptors (Lipinski definition) is 1. The minimum Gasteiger partial charge on any atom is -0.271 e. The van der Waals surface area contributed by atoms with Crippen molar-refractivity contribution in [1.82, 2.24) is 9.78 Å². The van der Waals surface area contributed by atoms with Crippen LogP contribution >= 0.6 is 0 Å². The average Bonchev–Trinajstić information content (AvgIpc) is 2.57. The molecule has 0 amide bonds. The molecule has 0 atom stereocenters. The Kier molecular flexibility index (Phi) is 2.01. The standard InChI is InChI=1S/C11H10N2/c1-2-3-8-13-9-10-6-4-5-7-11(10)12-13/h1,4-7,9H,3,8H2. The van der Waals surface area contributed by atoms with E-state index in [1.165, 1.54) is 5.39 Å². The second kappa shape index (κ2) is 3.32. The molecule has 1 heterocycles. The zero-order chi connectivity index (χ0) is 9.10. The molecule has 0 saturated heterocycles. The van der Waals surface area contributed by atoms with Crippen LogP contribution in [0.2, 0.25) is 0 Å². The molecule has 64 valence electrons. The van der Waals surface area contributed by atoms with Gasteiger partial charge in [-0.2, -0.15) is 5.10 Å². The summed E-state index contributed by atoms with van der Waals surface area (Å²) in [5.41, 5.74) is 1.03. The number of aryl methyl sites for hydroxylation is 1. The molecule has 0 radical (unpaired) electrons. The number of benzene rings is 1. The maximum atomic E-state index is 5.18. The van der Waals surface area contributed by atoms with E-state index < -0.39 is 0 Å². The van der Waals surface area contributed by atoms with Crippen molar-refractivity contribution in [1.29, 1.82) is 0 Å². The van der Waals surface area contributed by atoms with Crippen LogP contribution in [0, 0.1) is 12.3 Å². The van der Waals surface area contributed by atoms with Crippen molar-refractivity contribution in [3.05, 3.63) is 30.5 Å². The third-order valence-electron chi connectivity index (χ3n) is 1.95. The van der Waals surface area contributed by atoms with Gasteiger partial charge in [0.25, 0.3) is 0 Å². The first-order valence-corrected chi connectivity index (χ1v) is 4.26. The molecule has 1 aromatic carbocycles. The van der Waals surface area contributed by atoms with Crippen molar-refractivity contribution in [2.75, 3.05) is 0 Å². The highest BCUT2D eigenvalue weighted by molar-refractivity contribution is 5.77. The molecule has 1 aromatic heterocycles. The van der Waals surface area contributed by atoms with Crippen molar-refractivity contribution >= 4 is 10.9 Å². The lowest BCUT2D eigenvalue weighted by atomic mass is 10.3. The summed E-state index contributed by atoms with van der Waals surface area (Å²) >= 11 is 0. The first kappa shape index (κ1) is 7.88. The smallest absolute Gasteiger partial charge is 0.0923 e. The SMILES string of the molecule is C#CCCn1cc2ccccc2n1. The third-order valence-corrected chi connectivity index (χ3v) is 1.95. The molecular weight excluding hydrogens is 160 g/mol. The Morgan fingerprint density at radius 1 is 1.38 bits per heavy atom. The fraction of sp³-hybridized carbons (Fsp3) is 0.182. The first-order chi connectivity index (χ1) is 6.40. The molecule has 2 nitrogen and oxygen atoms in total. The molecule has 0 aliphatic rings. The summed E-state index contributed by atoms with van der Waals surface area (Å²) in [4.78, 5) is 0. The van der Waals surface area contributed by atoms with Gasteiger partial charge in [-0.25, -0.2) is 0 Å². The van der Waals surface area contributed by atoms with Gasteiger partial charge in [-0.1, -0.05) is 18.2 Å². The van der Waals surface area contributed by atoms with Crippen molar-refractivity contribution in [2.45, 2.75) is 13.0 Å². The fourth-order valence-electron chi connectivity index (χ4n) is 1.31. The Morgan fingerprint density at radius 3 is 3.00 bits per heavy atom. The quantitative estimate of drug-likeness (QED) is 0.631. The molecule has 13 heavy (non-hydrogen) atoms. The van der Waals surface area contributed by atoms with Gasteiger partial charge in [0, 0.05) is 18.0 Å². The molecule has 0 fully saturated rings. The van der Waals surface area contributed by atoms with Gasteiger partial charge in [-0.15, -0.1) is 12.3 Å². The predicted molar refractivity (Wildman–Crippen MR) is 53.2 cm³/mol. The predicted octanol–water partition coefficient (Wildman–Crippen LogP) is 2.06. The Labute approximate surface area is 77.2 Å². The topological polar surface area (TPSA) is 17.8 Å². The van der Waals surface area contributed by atoms with Crippen LogP contribution in [0.1, 0.15) is 6.42 Å². The molecule has 2 heteroatoms. The van der Waals surface area contributed by atoms with E-state index in [2.05, 4.69) is 17.1 Å². The van der Waals surface area contributed by atoms with Crippen LogP contribution in [0.5, 0.6) is 0 Å². The molecule has 0 unspecified atom stereocenters. The van der Waals surface area contributed by atoms with Crippen LogP contribution in [-0.4, -0.2) is 9.78 Å². The van der Waals surface area contributed by atoms with Gasteiger partial charge in [-0.3, -0.25) is 4.68 Å². The second-order valence-corrected chi connectivity index (χ2v) is 2.91. The number of nitrogens with zero attached hydrogens (tertiary/aromatic N) is 2. The lowest BCUT2D eigenvalue weighted by Gasteiger charge is -1.93. The van der Waals surface area contributed by atoms with Gasteiger partial charge in [0.2, 0.25) is 0 Å². The molecule has 0 aliphatic carbocycles. The molecule has 0 saturated carbocycles. The maximum Gasteiger partial charge on any atom is 0.0923 e. The Bertz CT molecular complexity index is 415. The van der Waals surface area contributed by atoms with Crippen LogP contribution in [0.25, 0.3) is 10.9 Å². The van der Waals surface area contributed by atoms with Crippen LogP contribution < -0.4 is 0 Å². The number of fused-ring (bicyclic) bond motifs is 1. The molecule has 0 N–H and O–H groups in total. The summed E-state index contributed by atoms with van der Waals surface area (Å²) in [6.45, 7) is 0.797. The van der Waals surface area contributed by atoms with Gasteiger partial charge in [0.05, 0.1) is 12.1 Å². The van der Waals surface area contributed by atoms with Crippen molar-refractivity contribution in [3.8, 4) is 12.3 Å². The second-order valence-electron chi connectivity index (χ2n) is 2.91. The summed E-state index contributed by atoms with van der Waals surface area (Å²) in [7, 11) is 0. The minimum absolute atomic E-state index is 0.730. The van der Waals surface area contributed by atoms with Crippen molar-refractivity contribution in [3.63, 3.8) is 0 Å². The largest absolute Gasteiger partial charge is 0.271 e. The zero-order valence-corrected chi connectivity index (χ0v) is 7.27. The van der Waals surface area contributed by atoms with E-state index in [0.717, 1.165) is 18.5 Å². The first-order valence-electron chi connectivity index (χ1n) is 4.26. The van der Waals surface area contributed by atoms with E-state index in [4.69, 9.17) is 6.42 Å². The average molecular weight is 170 g/mol. The van der Waals surface area contributed by atoms with Crippen LogP contribution in [0.15, 0.2) is 30.5 Å². The highest BCUT2D eigenvalue weighted by atomic mass is 15.3. The summed E-state index contributed by atoms with van der Waals surface area (Å²) in [6, 6.07) is 8.05. The Balaban J connectivity index is 2.34. The number of terminal acetylenes is 1. The summed E-state index contributed by atoms with van der Waals surface area (Å²) in [6.07, 6.45) is 7.93. The summed E-state index contributed by atoms with van der Waals surface area (Å²) in [5.74, 6) is 2.60. The number of aromatic nitrogens is 2. The molecule has 0 bridgehead atoms. The molecule has 0 spiro atoms. The molecular formula is C11H10N2. The van der Waals surface area contributed by atoms with E-state index in [9.17, 15) is 0 Å². The van der Waals surface area contributed by atoms with Gasteiger partial charge in [0.15, 0.2) is 0 Å². The van der Waals surface area contributed by atoms with E-state index in [1.54, 1.807) is 0 Å². The van der Waals surface area contributed by atoms with Crippen LogP contribution in [-0.2, 0) is 6.54 Å². The number of hydrogen-bond donors (Lipinski definition) is 0. The van der Waals surface area contributed by atoms with Crippen LogP contribution in [0.3, 0.4) is 0 Å². The number of rotatable bonds is 2. The van der Waals surface area contributed by atoms with E-state index >= 15 is 0 Å². The third kappa shape index (κ3) is 1.54. The fourth-order valence-corrected chi connectivity index (χ4v) is 1.31. The lowest BCUT2D eigenvalue weighted by Crippen LogP contribution is -1.96. The monoisotopic (exact) mass is 170 g/mol. The Hall–Kier alpha value is -1.75. The molecule has 2 rings (SSSR count). The van der Waals surface area contributed by atoms with Crippen molar-refractivity contribution in [2.24, 2.45) is 0 Å². The van der Waals surface area contributed by atoms with E-state index in [-0.39, 0.29) is 0 Å².